The van der Waals surface area contributed by atoms with Crippen molar-refractivity contribution in [2.24, 2.45) is 11.1 Å². The molecule has 0 radical (unpaired) electrons. The molecule has 1 aliphatic carbocycles. The van der Waals surface area contributed by atoms with Gasteiger partial charge in [-0.3, -0.25) is 9.59 Å². The van der Waals surface area contributed by atoms with Crippen LogP contribution in [0.15, 0.2) is 41.7 Å². The number of Topliss-reactive ketones (excluding diaryl/α,β-unsaturated/α-hetero) is 1. The lowest BCUT2D eigenvalue weighted by atomic mass is 9.73. The highest BCUT2D eigenvalue weighted by Gasteiger charge is 2.42. The van der Waals surface area contributed by atoms with Gasteiger partial charge in [0.1, 0.15) is 17.4 Å². The molecule has 3 N–H and O–H groups in total. The van der Waals surface area contributed by atoms with E-state index in [-0.39, 0.29) is 11.2 Å². The Kier molecular flexibility index (Phi) is 3.70. The molecule has 0 spiro atoms. The van der Waals surface area contributed by atoms with Gasteiger partial charge < -0.3 is 11.1 Å². The van der Waals surface area contributed by atoms with E-state index < -0.39 is 11.9 Å². The number of halogens is 1. The zero-order chi connectivity index (χ0) is 18.6. The summed E-state index contributed by atoms with van der Waals surface area (Å²) >= 11 is 6.18. The number of hydrogen-bond acceptors (Lipinski definition) is 4. The van der Waals surface area contributed by atoms with Crippen LogP contribution >= 0.6 is 11.6 Å². The molecule has 0 fully saturated rings. The Morgan fingerprint density at radius 2 is 2.15 bits per heavy atom. The van der Waals surface area contributed by atoms with E-state index in [1.807, 2.05) is 18.2 Å². The Morgan fingerprint density at radius 1 is 1.38 bits per heavy atom. The van der Waals surface area contributed by atoms with Crippen LogP contribution in [0.2, 0.25) is 5.02 Å². The molecule has 1 amide bonds. The fourth-order valence-electron chi connectivity index (χ4n) is 3.88. The van der Waals surface area contributed by atoms with Crippen LogP contribution in [0, 0.1) is 5.41 Å². The Morgan fingerprint density at radius 3 is 2.85 bits per heavy atom. The number of allylic oxidation sites excluding steroid dienone is 2. The fraction of sp³-hybridized carbons (Fsp3) is 0.316. The first-order valence-electron chi connectivity index (χ1n) is 8.43. The molecule has 1 aromatic heterocycles. The monoisotopic (exact) mass is 370 g/mol. The predicted molar refractivity (Wildman–Crippen MR) is 99.0 cm³/mol. The molecule has 2 heterocycles. The largest absolute Gasteiger partial charge is 0.365 e. The standard InChI is InChI=1S/C19H19ClN4O2/c1-19(2)7-13-15(14(25)8-19)16(10-4-3-5-11(20)6-10)24-18(23-13)12(9-22-24)17(21)26/h3-6,9,16,23H,7-8H2,1-2H3,(H2,21,26). The smallest absolute Gasteiger partial charge is 0.254 e. The number of benzene rings is 1. The average Bonchev–Trinajstić information content (AvgIpc) is 2.95. The number of carbonyl (C=O) groups excluding carboxylic acids is 2. The van der Waals surface area contributed by atoms with Crippen molar-refractivity contribution in [2.75, 3.05) is 5.32 Å². The van der Waals surface area contributed by atoms with Crippen molar-refractivity contribution in [2.45, 2.75) is 32.7 Å². The van der Waals surface area contributed by atoms with Crippen LogP contribution in [0.1, 0.15) is 48.7 Å². The van der Waals surface area contributed by atoms with Gasteiger partial charge in [0.05, 0.1) is 6.20 Å². The van der Waals surface area contributed by atoms with Gasteiger partial charge in [0, 0.05) is 22.7 Å². The van der Waals surface area contributed by atoms with Crippen molar-refractivity contribution >= 4 is 29.1 Å². The minimum Gasteiger partial charge on any atom is -0.365 e. The highest BCUT2D eigenvalue weighted by molar-refractivity contribution is 6.30. The molecule has 6 nitrogen and oxygen atoms in total. The van der Waals surface area contributed by atoms with Crippen molar-refractivity contribution in [1.82, 2.24) is 9.78 Å². The molecule has 1 aliphatic heterocycles. The number of anilines is 1. The summed E-state index contributed by atoms with van der Waals surface area (Å²) in [6.07, 6.45) is 2.61. The molecule has 1 atom stereocenters. The van der Waals surface area contributed by atoms with E-state index in [4.69, 9.17) is 17.3 Å². The summed E-state index contributed by atoms with van der Waals surface area (Å²) in [6, 6.07) is 6.93. The van der Waals surface area contributed by atoms with Gasteiger partial charge in [-0.25, -0.2) is 4.68 Å². The number of ketones is 1. The maximum absolute atomic E-state index is 13.0. The third-order valence-electron chi connectivity index (χ3n) is 4.93. The second-order valence-electron chi connectivity index (χ2n) is 7.63. The van der Waals surface area contributed by atoms with Gasteiger partial charge >= 0.3 is 0 Å². The number of hydrogen-bond donors (Lipinski definition) is 2. The summed E-state index contributed by atoms with van der Waals surface area (Å²) in [7, 11) is 0. The Balaban J connectivity index is 1.95. The first-order chi connectivity index (χ1) is 12.3. The third-order valence-corrected chi connectivity index (χ3v) is 5.17. The Bertz CT molecular complexity index is 974. The average molecular weight is 371 g/mol. The minimum absolute atomic E-state index is 0.0792. The van der Waals surface area contributed by atoms with E-state index >= 15 is 0 Å². The normalized spacial score (nSPS) is 21.0. The summed E-state index contributed by atoms with van der Waals surface area (Å²) < 4.78 is 1.65. The molecule has 7 heteroatoms. The van der Waals surface area contributed by atoms with Crippen LogP contribution in [0.25, 0.3) is 0 Å². The van der Waals surface area contributed by atoms with Crippen molar-refractivity contribution in [3.05, 3.63) is 57.9 Å². The maximum atomic E-state index is 13.0. The Labute approximate surface area is 156 Å². The van der Waals surface area contributed by atoms with Gasteiger partial charge in [0.25, 0.3) is 5.91 Å². The molecule has 134 valence electrons. The molecule has 4 rings (SSSR count). The molecule has 1 aromatic carbocycles. The topological polar surface area (TPSA) is 90.0 Å². The van der Waals surface area contributed by atoms with Gasteiger partial charge in [-0.15, -0.1) is 0 Å². The third kappa shape index (κ3) is 2.61. The van der Waals surface area contributed by atoms with Crippen molar-refractivity contribution in [1.29, 1.82) is 0 Å². The number of nitrogens with zero attached hydrogens (tertiary/aromatic N) is 2. The molecule has 2 aromatic rings. The predicted octanol–water partition coefficient (Wildman–Crippen LogP) is 3.29. The lowest BCUT2D eigenvalue weighted by Gasteiger charge is -2.39. The molecular formula is C19H19ClN4O2. The number of amides is 1. The quantitative estimate of drug-likeness (QED) is 0.848. The summed E-state index contributed by atoms with van der Waals surface area (Å²) in [5.74, 6) is 0.0382. The molecule has 26 heavy (non-hydrogen) atoms. The second-order valence-corrected chi connectivity index (χ2v) is 8.07. The highest BCUT2D eigenvalue weighted by Crippen LogP contribution is 2.46. The van der Waals surface area contributed by atoms with Crippen LogP contribution < -0.4 is 11.1 Å². The van der Waals surface area contributed by atoms with E-state index in [0.29, 0.717) is 34.8 Å². The van der Waals surface area contributed by atoms with Gasteiger partial charge in [-0.05, 0) is 29.5 Å². The van der Waals surface area contributed by atoms with Gasteiger partial charge in [0.15, 0.2) is 5.78 Å². The number of aromatic nitrogens is 2. The van der Waals surface area contributed by atoms with E-state index in [9.17, 15) is 9.59 Å². The summed E-state index contributed by atoms with van der Waals surface area (Å²) in [5, 5.41) is 8.19. The second kappa shape index (κ2) is 5.71. The van der Waals surface area contributed by atoms with Crippen molar-refractivity contribution in [3.63, 3.8) is 0 Å². The van der Waals surface area contributed by atoms with E-state index in [2.05, 4.69) is 24.3 Å². The first kappa shape index (κ1) is 16.8. The van der Waals surface area contributed by atoms with Crippen LogP contribution in [0.3, 0.4) is 0 Å². The number of fused-ring (bicyclic) bond motifs is 1. The molecule has 2 aliphatic rings. The van der Waals surface area contributed by atoms with Gasteiger partial charge in [0.2, 0.25) is 0 Å². The number of nitrogens with one attached hydrogen (secondary N) is 1. The summed E-state index contributed by atoms with van der Waals surface area (Å²) in [6.45, 7) is 4.12. The summed E-state index contributed by atoms with van der Waals surface area (Å²) in [4.78, 5) is 24.8. The van der Waals surface area contributed by atoms with Crippen molar-refractivity contribution in [3.8, 4) is 0 Å². The number of carbonyl (C=O) groups is 2. The van der Waals surface area contributed by atoms with E-state index in [1.165, 1.54) is 6.20 Å². The zero-order valence-corrected chi connectivity index (χ0v) is 15.3. The van der Waals surface area contributed by atoms with Crippen LogP contribution in [-0.2, 0) is 4.79 Å². The van der Waals surface area contributed by atoms with Crippen LogP contribution in [0.4, 0.5) is 5.82 Å². The lowest BCUT2D eigenvalue weighted by Crippen LogP contribution is -2.37. The molecule has 1 unspecified atom stereocenters. The fourth-order valence-corrected chi connectivity index (χ4v) is 4.07. The zero-order valence-electron chi connectivity index (χ0n) is 14.5. The van der Waals surface area contributed by atoms with E-state index in [1.54, 1.807) is 10.7 Å². The van der Waals surface area contributed by atoms with Crippen LogP contribution in [-0.4, -0.2) is 21.5 Å². The molecular weight excluding hydrogens is 352 g/mol. The SMILES string of the molecule is CC1(C)CC(=O)C2=C(C1)Nc1c(C(N)=O)cnn1C2c1cccc(Cl)c1. The van der Waals surface area contributed by atoms with Gasteiger partial charge in [-0.1, -0.05) is 37.6 Å². The van der Waals surface area contributed by atoms with Crippen LogP contribution in [0.5, 0.6) is 0 Å². The number of rotatable bonds is 2. The van der Waals surface area contributed by atoms with Gasteiger partial charge in [-0.2, -0.15) is 5.10 Å². The highest BCUT2D eigenvalue weighted by atomic mass is 35.5. The van der Waals surface area contributed by atoms with Crippen molar-refractivity contribution < 1.29 is 9.59 Å². The number of nitrogens with two attached hydrogens (primary N) is 1. The molecule has 0 bridgehead atoms. The number of primary amides is 1. The van der Waals surface area contributed by atoms with E-state index in [0.717, 1.165) is 11.3 Å². The Hall–Kier alpha value is -2.60. The molecule has 0 saturated carbocycles. The summed E-state index contributed by atoms with van der Waals surface area (Å²) in [5.41, 5.74) is 8.00. The maximum Gasteiger partial charge on any atom is 0.254 e. The minimum atomic E-state index is -0.561. The lowest BCUT2D eigenvalue weighted by molar-refractivity contribution is -0.118. The molecule has 0 saturated heterocycles. The first-order valence-corrected chi connectivity index (χ1v) is 8.81.